The third-order valence-electron chi connectivity index (χ3n) is 7.68. The van der Waals surface area contributed by atoms with Crippen molar-refractivity contribution >= 4 is 44.6 Å². The number of pyridine rings is 1. The topological polar surface area (TPSA) is 27.7 Å². The van der Waals surface area contributed by atoms with Gasteiger partial charge in [0.15, 0.2) is 17.4 Å². The number of fused-ring (bicyclic) bond motifs is 4. The van der Waals surface area contributed by atoms with Crippen LogP contribution in [0.25, 0.3) is 55.5 Å². The van der Waals surface area contributed by atoms with Crippen molar-refractivity contribution in [2.45, 2.75) is 9.79 Å². The number of para-hydroxylation sites is 3. The number of benzene rings is 5. The summed E-state index contributed by atoms with van der Waals surface area (Å²) in [5, 5.41) is 2.35. The number of hydrogen-bond donors (Lipinski definition) is 0. The van der Waals surface area contributed by atoms with Crippen LogP contribution in [0.3, 0.4) is 0 Å². The fourth-order valence-electron chi connectivity index (χ4n) is 5.73. The van der Waals surface area contributed by atoms with E-state index in [9.17, 15) is 0 Å². The molecule has 3 aromatic heterocycles. The van der Waals surface area contributed by atoms with Crippen LogP contribution in [0.15, 0.2) is 144 Å². The normalized spacial score (nSPS) is 11.3. The first-order valence-electron chi connectivity index (χ1n) is 13.9. The molecule has 6 heteroatoms. The van der Waals surface area contributed by atoms with E-state index in [0.29, 0.717) is 0 Å². The SMILES string of the molecule is Cn1[cH+]n(-c2[c-]c(Sc3[c-]c4c(cc3)c3ccccc3n4-c3cc(-c4ccccc4)ccn3)ccc2)c2ccccc21.[Pt]. The second-order valence-corrected chi connectivity index (χ2v) is 11.4. The molecule has 0 saturated carbocycles. The van der Waals surface area contributed by atoms with Crippen LogP contribution in [0.2, 0.25) is 0 Å². The molecular weight excluding hydrogens is 728 g/mol. The maximum atomic E-state index is 4.82. The van der Waals surface area contributed by atoms with Crippen LogP contribution in [0, 0.1) is 12.1 Å². The summed E-state index contributed by atoms with van der Waals surface area (Å²) in [4.78, 5) is 6.89. The number of hydrogen-bond acceptors (Lipinski definition) is 2. The molecule has 0 N–H and O–H groups in total. The van der Waals surface area contributed by atoms with Crippen molar-refractivity contribution in [2.75, 3.05) is 0 Å². The summed E-state index contributed by atoms with van der Waals surface area (Å²) in [6, 6.07) is 49.6. The molecule has 0 aliphatic rings. The summed E-state index contributed by atoms with van der Waals surface area (Å²) >= 11 is 1.67. The van der Waals surface area contributed by atoms with E-state index < -0.39 is 0 Å². The Kier molecular flexibility index (Phi) is 7.22. The van der Waals surface area contributed by atoms with Crippen molar-refractivity contribution in [2.24, 2.45) is 7.05 Å². The van der Waals surface area contributed by atoms with Gasteiger partial charge < -0.3 is 4.57 Å². The maximum Gasteiger partial charge on any atom is 0.188 e. The fourth-order valence-corrected chi connectivity index (χ4v) is 6.56. The van der Waals surface area contributed by atoms with E-state index >= 15 is 0 Å². The van der Waals surface area contributed by atoms with Gasteiger partial charge in [-0.15, -0.1) is 34.2 Å². The minimum absolute atomic E-state index is 0. The number of imidazole rings is 1. The molecule has 43 heavy (non-hydrogen) atoms. The second kappa shape index (κ2) is 11.3. The molecule has 4 nitrogen and oxygen atoms in total. The van der Waals surface area contributed by atoms with E-state index in [-0.39, 0.29) is 21.1 Å². The van der Waals surface area contributed by atoms with E-state index in [1.165, 1.54) is 16.5 Å². The Balaban J connectivity index is 0.00000300. The van der Waals surface area contributed by atoms with Crippen molar-refractivity contribution in [1.29, 1.82) is 0 Å². The molecular formula is C37H25N4PtS-. The Morgan fingerprint density at radius 2 is 1.40 bits per heavy atom. The van der Waals surface area contributed by atoms with Gasteiger partial charge in [-0.05, 0) is 46.8 Å². The fraction of sp³-hybridized carbons (Fsp3) is 0.0270. The number of rotatable bonds is 5. The first-order chi connectivity index (χ1) is 20.7. The van der Waals surface area contributed by atoms with Gasteiger partial charge in [0, 0.05) is 57.6 Å². The second-order valence-electron chi connectivity index (χ2n) is 10.3. The Labute approximate surface area is 268 Å². The largest absolute Gasteiger partial charge is 0.319 e. The Morgan fingerprint density at radius 1 is 0.651 bits per heavy atom. The van der Waals surface area contributed by atoms with Crippen molar-refractivity contribution in [3.8, 4) is 22.6 Å². The Hall–Kier alpha value is -4.44. The van der Waals surface area contributed by atoms with E-state index in [1.54, 1.807) is 11.8 Å². The minimum Gasteiger partial charge on any atom is -0.319 e. The van der Waals surface area contributed by atoms with E-state index in [0.717, 1.165) is 48.8 Å². The summed E-state index contributed by atoms with van der Waals surface area (Å²) in [5.74, 6) is 0.877. The molecule has 0 saturated heterocycles. The predicted molar refractivity (Wildman–Crippen MR) is 172 cm³/mol. The first kappa shape index (κ1) is 27.4. The summed E-state index contributed by atoms with van der Waals surface area (Å²) < 4.78 is 6.56. The van der Waals surface area contributed by atoms with Crippen molar-refractivity contribution < 1.29 is 21.1 Å². The monoisotopic (exact) mass is 752 g/mol. The summed E-state index contributed by atoms with van der Waals surface area (Å²) in [7, 11) is 2.07. The van der Waals surface area contributed by atoms with E-state index in [4.69, 9.17) is 4.98 Å². The molecule has 0 bridgehead atoms. The number of nitrogens with zero attached hydrogens (tertiary/aromatic N) is 4. The predicted octanol–water partition coefficient (Wildman–Crippen LogP) is 9.16. The molecule has 5 aromatic carbocycles. The summed E-state index contributed by atoms with van der Waals surface area (Å²) in [5.41, 5.74) is 7.77. The molecule has 0 amide bonds. The average molecular weight is 753 g/mol. The van der Waals surface area contributed by atoms with E-state index in [2.05, 4.69) is 154 Å². The van der Waals surface area contributed by atoms with Gasteiger partial charge in [-0.1, -0.05) is 65.0 Å². The van der Waals surface area contributed by atoms with Gasteiger partial charge in [-0.2, -0.15) is 24.3 Å². The summed E-state index contributed by atoms with van der Waals surface area (Å²) in [6.45, 7) is 0. The van der Waals surface area contributed by atoms with Gasteiger partial charge in [-0.3, -0.25) is 0 Å². The third kappa shape index (κ3) is 4.89. The van der Waals surface area contributed by atoms with E-state index in [1.807, 2.05) is 12.3 Å². The van der Waals surface area contributed by atoms with Gasteiger partial charge in [0.2, 0.25) is 0 Å². The molecule has 0 atom stereocenters. The smallest absolute Gasteiger partial charge is 0.188 e. The zero-order chi connectivity index (χ0) is 28.0. The van der Waals surface area contributed by atoms with Crippen molar-refractivity contribution in [3.05, 3.63) is 146 Å². The zero-order valence-electron chi connectivity index (χ0n) is 23.2. The van der Waals surface area contributed by atoms with Crippen molar-refractivity contribution in [1.82, 2.24) is 18.7 Å². The molecule has 0 radical (unpaired) electrons. The molecule has 0 unspecified atom stereocenters. The molecule has 0 aliphatic heterocycles. The molecule has 8 rings (SSSR count). The molecule has 3 heterocycles. The molecule has 0 spiro atoms. The average Bonchev–Trinajstić information content (AvgIpc) is 3.56. The van der Waals surface area contributed by atoms with Gasteiger partial charge in [0.05, 0.1) is 0 Å². The number of aromatic nitrogens is 4. The quantitative estimate of drug-likeness (QED) is 0.164. The van der Waals surface area contributed by atoms with Gasteiger partial charge in [-0.25, -0.2) is 14.1 Å². The third-order valence-corrected chi connectivity index (χ3v) is 8.60. The first-order valence-corrected chi connectivity index (χ1v) is 14.7. The summed E-state index contributed by atoms with van der Waals surface area (Å²) in [6.07, 6.45) is 4.00. The van der Waals surface area contributed by atoms with Crippen LogP contribution in [-0.4, -0.2) is 18.7 Å². The van der Waals surface area contributed by atoms with Gasteiger partial charge in [0.1, 0.15) is 5.82 Å². The van der Waals surface area contributed by atoms with Gasteiger partial charge >= 0.3 is 0 Å². The molecule has 8 aromatic rings. The molecule has 210 valence electrons. The van der Waals surface area contributed by atoms with Crippen LogP contribution in [0.4, 0.5) is 0 Å². The van der Waals surface area contributed by atoms with Crippen LogP contribution in [0.5, 0.6) is 0 Å². The van der Waals surface area contributed by atoms with Crippen LogP contribution < -0.4 is 0 Å². The molecule has 0 fully saturated rings. The Morgan fingerprint density at radius 3 is 2.26 bits per heavy atom. The Bertz CT molecular complexity index is 2250. The number of aryl methyl sites for hydroxylation is 1. The zero-order valence-corrected chi connectivity index (χ0v) is 26.3. The van der Waals surface area contributed by atoms with Crippen LogP contribution in [0.1, 0.15) is 0 Å². The minimum atomic E-state index is 0. The standard InChI is InChI=1S/C37H25N4S.Pt/c1-39-25-40(35-17-8-7-16-34(35)39)28-12-9-13-29(23-28)42-30-18-19-32-31-14-5-6-15-33(31)41(36(32)24-30)37-22-27(20-21-38-37)26-10-3-2-4-11-26;/h2-22,25H,1H3;/q-1;. The van der Waals surface area contributed by atoms with Gasteiger partial charge in [0.25, 0.3) is 0 Å². The van der Waals surface area contributed by atoms with Crippen LogP contribution in [-0.2, 0) is 28.1 Å². The molecule has 0 aliphatic carbocycles. The maximum absolute atomic E-state index is 4.82. The van der Waals surface area contributed by atoms with Crippen molar-refractivity contribution in [3.63, 3.8) is 0 Å². The van der Waals surface area contributed by atoms with Crippen LogP contribution >= 0.6 is 11.8 Å².